The zero-order valence-corrected chi connectivity index (χ0v) is 18.6. The average Bonchev–Trinajstić information content (AvgIpc) is 2.66. The zero-order chi connectivity index (χ0) is 27.4. The minimum atomic E-state index is -8.08. The lowest BCUT2D eigenvalue weighted by molar-refractivity contribution is -0.436. The van der Waals surface area contributed by atoms with Gasteiger partial charge in [-0.3, -0.25) is 4.79 Å². The summed E-state index contributed by atoms with van der Waals surface area (Å²) in [5, 5.41) is 0.990. The Balaban J connectivity index is 5.89. The molecule has 1 N–H and O–H groups in total. The Morgan fingerprint density at radius 3 is 1.32 bits per heavy atom. The Morgan fingerprint density at radius 1 is 0.647 bits per heavy atom. The summed E-state index contributed by atoms with van der Waals surface area (Å²) < 4.78 is 186. The van der Waals surface area contributed by atoms with Crippen molar-refractivity contribution < 1.29 is 75.1 Å². The Morgan fingerprint density at radius 2 is 1.00 bits per heavy atom. The third-order valence-electron chi connectivity index (χ3n) is 4.03. The summed E-state index contributed by atoms with van der Waals surface area (Å²) in [5.41, 5.74) is 0. The smallest absolute Gasteiger partial charge is 0.374 e. The maximum atomic E-state index is 13.8. The normalized spacial score (nSPS) is 14.9. The SMILES string of the molecule is CCO[Si](CCNC(=O)C(F)(F)C(F)(F)C(F)(F)C(F)(F)C(F)(F)C(F)(F)F)(OCC)OCC. The third-order valence-corrected chi connectivity index (χ3v) is 7.08. The van der Waals surface area contributed by atoms with Crippen LogP contribution >= 0.6 is 0 Å². The molecule has 0 saturated carbocycles. The minimum Gasteiger partial charge on any atom is -0.374 e. The van der Waals surface area contributed by atoms with E-state index < -0.39 is 63.1 Å². The van der Waals surface area contributed by atoms with E-state index in [1.807, 2.05) is 0 Å². The van der Waals surface area contributed by atoms with Crippen LogP contribution in [0.15, 0.2) is 0 Å². The molecule has 0 aromatic heterocycles. The van der Waals surface area contributed by atoms with E-state index in [0.29, 0.717) is 0 Å². The predicted molar refractivity (Wildman–Crippen MR) is 89.2 cm³/mol. The molecule has 34 heavy (non-hydrogen) atoms. The van der Waals surface area contributed by atoms with Gasteiger partial charge in [0.15, 0.2) is 0 Å². The molecule has 0 spiro atoms. The number of nitrogens with one attached hydrogen (secondary N) is 1. The van der Waals surface area contributed by atoms with Gasteiger partial charge in [0.2, 0.25) is 0 Å². The van der Waals surface area contributed by atoms with Crippen LogP contribution in [0.3, 0.4) is 0 Å². The number of carbonyl (C=O) groups is 1. The van der Waals surface area contributed by atoms with Crippen LogP contribution in [-0.2, 0) is 18.1 Å². The molecule has 0 heterocycles. The van der Waals surface area contributed by atoms with E-state index in [1.165, 1.54) is 20.8 Å². The highest BCUT2D eigenvalue weighted by molar-refractivity contribution is 6.60. The van der Waals surface area contributed by atoms with Crippen LogP contribution in [0.25, 0.3) is 0 Å². The topological polar surface area (TPSA) is 56.8 Å². The number of rotatable bonds is 14. The summed E-state index contributed by atoms with van der Waals surface area (Å²) in [5.74, 6) is -41.9. The Kier molecular flexibility index (Phi) is 10.3. The average molecular weight is 553 g/mol. The summed E-state index contributed by atoms with van der Waals surface area (Å²) >= 11 is 0. The molecule has 5 nitrogen and oxygen atoms in total. The molecule has 0 aromatic carbocycles. The molecule has 1 amide bonds. The zero-order valence-electron chi connectivity index (χ0n) is 17.6. The summed E-state index contributed by atoms with van der Waals surface area (Å²) in [6.45, 7) is 2.97. The highest BCUT2D eigenvalue weighted by Crippen LogP contribution is 2.60. The molecule has 0 atom stereocenters. The van der Waals surface area contributed by atoms with Crippen LogP contribution in [-0.4, -0.2) is 76.9 Å². The molecule has 204 valence electrons. The third kappa shape index (κ3) is 5.72. The molecular formula is C15H20F13NO4Si. The van der Waals surface area contributed by atoms with Gasteiger partial charge in [-0.25, -0.2) is 0 Å². The van der Waals surface area contributed by atoms with Crippen LogP contribution in [0.5, 0.6) is 0 Å². The number of hydrogen-bond donors (Lipinski definition) is 1. The van der Waals surface area contributed by atoms with E-state index in [2.05, 4.69) is 0 Å². The van der Waals surface area contributed by atoms with Crippen molar-refractivity contribution in [2.75, 3.05) is 26.4 Å². The Labute approximate surface area is 185 Å². The minimum absolute atomic E-state index is 0.0802. The second-order valence-corrected chi connectivity index (χ2v) is 9.09. The van der Waals surface area contributed by atoms with Crippen LogP contribution in [0, 0.1) is 0 Å². The van der Waals surface area contributed by atoms with Gasteiger partial charge in [-0.2, -0.15) is 57.1 Å². The van der Waals surface area contributed by atoms with Crippen molar-refractivity contribution >= 4 is 14.7 Å². The predicted octanol–water partition coefficient (Wildman–Crippen LogP) is 4.89. The van der Waals surface area contributed by atoms with Crippen molar-refractivity contribution in [3.8, 4) is 0 Å². The van der Waals surface area contributed by atoms with Crippen LogP contribution in [0.1, 0.15) is 20.8 Å². The maximum absolute atomic E-state index is 13.8. The van der Waals surface area contributed by atoms with Gasteiger partial charge in [0.1, 0.15) is 0 Å². The van der Waals surface area contributed by atoms with E-state index in [1.54, 1.807) is 0 Å². The first-order valence-corrected chi connectivity index (χ1v) is 11.1. The molecule has 19 heteroatoms. The van der Waals surface area contributed by atoms with Gasteiger partial charge in [-0.05, 0) is 20.8 Å². The van der Waals surface area contributed by atoms with Crippen LogP contribution in [0.4, 0.5) is 57.1 Å². The molecular weight excluding hydrogens is 533 g/mol. The Hall–Kier alpha value is -1.34. The molecule has 0 unspecified atom stereocenters. The van der Waals surface area contributed by atoms with Gasteiger partial charge < -0.3 is 18.6 Å². The number of alkyl halides is 13. The fourth-order valence-corrected chi connectivity index (χ4v) is 4.79. The van der Waals surface area contributed by atoms with Crippen molar-refractivity contribution in [3.63, 3.8) is 0 Å². The second kappa shape index (κ2) is 10.7. The highest BCUT2D eigenvalue weighted by atomic mass is 28.4. The van der Waals surface area contributed by atoms with Crippen LogP contribution < -0.4 is 5.32 Å². The van der Waals surface area contributed by atoms with Crippen molar-refractivity contribution in [1.29, 1.82) is 0 Å². The lowest BCUT2D eigenvalue weighted by atomic mass is 9.93. The molecule has 0 aromatic rings. The number of amides is 1. The van der Waals surface area contributed by atoms with Gasteiger partial charge in [0, 0.05) is 32.4 Å². The maximum Gasteiger partial charge on any atom is 0.502 e. The van der Waals surface area contributed by atoms with Gasteiger partial charge in [0.05, 0.1) is 0 Å². The first kappa shape index (κ1) is 32.7. The largest absolute Gasteiger partial charge is 0.502 e. The lowest BCUT2D eigenvalue weighted by Crippen LogP contribution is -2.72. The molecule has 0 aliphatic heterocycles. The molecule has 0 aliphatic carbocycles. The first-order valence-electron chi connectivity index (χ1n) is 9.22. The summed E-state index contributed by atoms with van der Waals surface area (Å²) in [6, 6.07) is -0.616. The monoisotopic (exact) mass is 553 g/mol. The van der Waals surface area contributed by atoms with Gasteiger partial charge in [0.25, 0.3) is 5.91 Å². The lowest BCUT2D eigenvalue weighted by Gasteiger charge is -2.39. The number of halogens is 13. The quantitative estimate of drug-likeness (QED) is 0.246. The second-order valence-electron chi connectivity index (χ2n) is 6.36. The molecule has 0 radical (unpaired) electrons. The van der Waals surface area contributed by atoms with Crippen molar-refractivity contribution in [3.05, 3.63) is 0 Å². The van der Waals surface area contributed by atoms with E-state index in [9.17, 15) is 61.9 Å². The fourth-order valence-electron chi connectivity index (χ4n) is 2.35. The fraction of sp³-hybridized carbons (Fsp3) is 0.933. The molecule has 0 rings (SSSR count). The Bertz CT molecular complexity index is 671. The van der Waals surface area contributed by atoms with Gasteiger partial charge >= 0.3 is 44.6 Å². The number of hydrogen-bond acceptors (Lipinski definition) is 4. The number of carbonyl (C=O) groups excluding carboxylic acids is 1. The summed E-state index contributed by atoms with van der Waals surface area (Å²) in [7, 11) is -3.72. The van der Waals surface area contributed by atoms with Crippen LogP contribution in [0.2, 0.25) is 6.04 Å². The highest BCUT2D eigenvalue weighted by Gasteiger charge is 2.91. The summed E-state index contributed by atoms with van der Waals surface area (Å²) in [4.78, 5) is 11.5. The van der Waals surface area contributed by atoms with E-state index in [4.69, 9.17) is 13.3 Å². The van der Waals surface area contributed by atoms with E-state index in [-0.39, 0.29) is 19.8 Å². The van der Waals surface area contributed by atoms with Gasteiger partial charge in [-0.15, -0.1) is 0 Å². The molecule has 0 bridgehead atoms. The van der Waals surface area contributed by atoms with E-state index in [0.717, 1.165) is 5.32 Å². The van der Waals surface area contributed by atoms with Crippen molar-refractivity contribution in [2.45, 2.75) is 62.6 Å². The van der Waals surface area contributed by atoms with Gasteiger partial charge in [-0.1, -0.05) is 0 Å². The molecule has 0 aliphatic rings. The summed E-state index contributed by atoms with van der Waals surface area (Å²) in [6.07, 6.45) is -7.53. The first-order chi connectivity index (χ1) is 15.1. The van der Waals surface area contributed by atoms with E-state index >= 15 is 0 Å². The van der Waals surface area contributed by atoms with Crippen molar-refractivity contribution in [2.24, 2.45) is 0 Å². The standard InChI is InChI=1S/C15H20F13NO4Si/c1-4-31-34(32-5-2,33-6-3)8-7-29-9(30)10(16,17)11(18,19)12(20,21)13(22,23)14(24,25)15(26,27)28/h4-8H2,1-3H3,(H,29,30). The molecule has 0 fully saturated rings. The molecule has 0 saturated heterocycles. The van der Waals surface area contributed by atoms with Crippen molar-refractivity contribution in [1.82, 2.24) is 5.32 Å².